The van der Waals surface area contributed by atoms with Crippen LogP contribution in [-0.2, 0) is 6.54 Å². The zero-order valence-corrected chi connectivity index (χ0v) is 11.5. The first-order chi connectivity index (χ1) is 9.10. The van der Waals surface area contributed by atoms with Crippen LogP contribution in [0.3, 0.4) is 0 Å². The number of para-hydroxylation sites is 1. The Hall–Kier alpha value is -1.68. The predicted octanol–water partition coefficient (Wildman–Crippen LogP) is 2.46. The summed E-state index contributed by atoms with van der Waals surface area (Å²) in [4.78, 5) is 12.4. The number of pyridine rings is 1. The number of fused-ring (bicyclic) bond motifs is 1. The number of nitrogens with two attached hydrogens (primary N) is 1. The van der Waals surface area contributed by atoms with E-state index >= 15 is 0 Å². The lowest BCUT2D eigenvalue weighted by Crippen LogP contribution is -2.21. The van der Waals surface area contributed by atoms with Crippen LogP contribution in [0.1, 0.15) is 19.3 Å². The van der Waals surface area contributed by atoms with Crippen molar-refractivity contribution in [3.05, 3.63) is 46.8 Å². The van der Waals surface area contributed by atoms with Gasteiger partial charge in [0.1, 0.15) is 0 Å². The summed E-state index contributed by atoms with van der Waals surface area (Å²) in [7, 11) is 0. The second-order valence-electron chi connectivity index (χ2n) is 5.47. The Balaban J connectivity index is 2.00. The maximum Gasteiger partial charge on any atom is 0.189 e. The first kappa shape index (κ1) is 12.4. The molecule has 0 aliphatic heterocycles. The van der Waals surface area contributed by atoms with E-state index in [1.54, 1.807) is 6.07 Å². The lowest BCUT2D eigenvalue weighted by Gasteiger charge is -2.18. The Morgan fingerprint density at radius 2 is 2.05 bits per heavy atom. The average Bonchev–Trinajstić information content (AvgIpc) is 3.12. The fourth-order valence-electron chi connectivity index (χ4n) is 2.70. The third kappa shape index (κ3) is 2.40. The number of nitrogens with zero attached hydrogens (tertiary/aromatic N) is 1. The number of benzene rings is 1. The van der Waals surface area contributed by atoms with Gasteiger partial charge in [-0.2, -0.15) is 0 Å². The zero-order chi connectivity index (χ0) is 13.5. The summed E-state index contributed by atoms with van der Waals surface area (Å²) in [5.74, 6) is 0. The molecule has 0 bridgehead atoms. The van der Waals surface area contributed by atoms with E-state index < -0.39 is 0 Å². The van der Waals surface area contributed by atoms with Crippen molar-refractivity contribution in [1.82, 2.24) is 4.57 Å². The molecule has 19 heavy (non-hydrogen) atoms. The highest BCUT2D eigenvalue weighted by atomic mass is 32.1. The Morgan fingerprint density at radius 1 is 1.32 bits per heavy atom. The van der Waals surface area contributed by atoms with Crippen LogP contribution in [0.2, 0.25) is 0 Å². The molecule has 1 aromatic heterocycles. The van der Waals surface area contributed by atoms with Crippen LogP contribution in [0.5, 0.6) is 0 Å². The van der Waals surface area contributed by atoms with E-state index in [4.69, 9.17) is 18.0 Å². The fourth-order valence-corrected chi connectivity index (χ4v) is 3.00. The highest BCUT2D eigenvalue weighted by molar-refractivity contribution is 7.80. The van der Waals surface area contributed by atoms with E-state index in [0.717, 1.165) is 36.7 Å². The standard InChI is InChI=1S/C15H16N2OS/c16-14(19)9-15(6-7-15)10-17-8-5-13(18)11-3-1-2-4-12(11)17/h1-5,8H,6-7,9-10H2,(H2,16,19). The van der Waals surface area contributed by atoms with Crippen molar-refractivity contribution < 1.29 is 0 Å². The molecule has 0 amide bonds. The topological polar surface area (TPSA) is 48.0 Å². The van der Waals surface area contributed by atoms with Crippen molar-refractivity contribution in [3.63, 3.8) is 0 Å². The van der Waals surface area contributed by atoms with Crippen molar-refractivity contribution in [1.29, 1.82) is 0 Å². The van der Waals surface area contributed by atoms with Gasteiger partial charge in [-0.05, 0) is 30.4 Å². The number of rotatable bonds is 4. The van der Waals surface area contributed by atoms with E-state index in [-0.39, 0.29) is 10.8 Å². The summed E-state index contributed by atoms with van der Waals surface area (Å²) in [5, 5.41) is 0.774. The van der Waals surface area contributed by atoms with Gasteiger partial charge in [-0.15, -0.1) is 0 Å². The lowest BCUT2D eigenvalue weighted by molar-refractivity contribution is 0.445. The number of hydrogen-bond donors (Lipinski definition) is 1. The average molecular weight is 272 g/mol. The molecule has 1 fully saturated rings. The number of hydrogen-bond acceptors (Lipinski definition) is 2. The van der Waals surface area contributed by atoms with Crippen molar-refractivity contribution >= 4 is 28.1 Å². The number of thiocarbonyl (C=S) groups is 1. The highest BCUT2D eigenvalue weighted by Crippen LogP contribution is 2.50. The molecule has 0 radical (unpaired) electrons. The molecule has 0 atom stereocenters. The molecule has 1 aliphatic carbocycles. The molecule has 2 N–H and O–H groups in total. The van der Waals surface area contributed by atoms with Crippen molar-refractivity contribution in [3.8, 4) is 0 Å². The molecule has 2 aromatic rings. The molecule has 0 saturated heterocycles. The van der Waals surface area contributed by atoms with Crippen LogP contribution in [0, 0.1) is 5.41 Å². The minimum atomic E-state index is 0.0750. The third-order valence-electron chi connectivity index (χ3n) is 3.90. The van der Waals surface area contributed by atoms with Gasteiger partial charge in [0, 0.05) is 30.6 Å². The van der Waals surface area contributed by atoms with Gasteiger partial charge in [-0.25, -0.2) is 0 Å². The molecule has 1 heterocycles. The minimum Gasteiger partial charge on any atom is -0.393 e. The first-order valence-corrected chi connectivity index (χ1v) is 6.87. The molecule has 3 rings (SSSR count). The van der Waals surface area contributed by atoms with E-state index in [2.05, 4.69) is 4.57 Å². The Bertz CT molecular complexity index is 701. The first-order valence-electron chi connectivity index (χ1n) is 6.46. The molecule has 4 heteroatoms. The van der Waals surface area contributed by atoms with E-state index in [9.17, 15) is 4.79 Å². The van der Waals surface area contributed by atoms with E-state index in [0.29, 0.717) is 4.99 Å². The Morgan fingerprint density at radius 3 is 2.74 bits per heavy atom. The zero-order valence-electron chi connectivity index (χ0n) is 10.6. The molecule has 0 spiro atoms. The molecule has 1 aromatic carbocycles. The molecular weight excluding hydrogens is 256 g/mol. The minimum absolute atomic E-state index is 0.0750. The largest absolute Gasteiger partial charge is 0.393 e. The van der Waals surface area contributed by atoms with Gasteiger partial charge in [0.05, 0.1) is 10.5 Å². The Labute approximate surface area is 117 Å². The van der Waals surface area contributed by atoms with Gasteiger partial charge in [0.15, 0.2) is 5.43 Å². The summed E-state index contributed by atoms with van der Waals surface area (Å²) < 4.78 is 2.15. The second-order valence-corrected chi connectivity index (χ2v) is 5.99. The molecule has 1 aliphatic rings. The van der Waals surface area contributed by atoms with E-state index in [1.165, 1.54) is 0 Å². The van der Waals surface area contributed by atoms with Gasteiger partial charge in [-0.1, -0.05) is 24.4 Å². The van der Waals surface area contributed by atoms with Crippen molar-refractivity contribution in [2.24, 2.45) is 11.1 Å². The smallest absolute Gasteiger partial charge is 0.189 e. The van der Waals surface area contributed by atoms with Gasteiger partial charge in [0.25, 0.3) is 0 Å². The van der Waals surface area contributed by atoms with E-state index in [1.807, 2.05) is 30.5 Å². The SMILES string of the molecule is NC(=S)CC1(Cn2ccc(=O)c3ccccc32)CC1. The molecule has 0 unspecified atom stereocenters. The summed E-state index contributed by atoms with van der Waals surface area (Å²) in [6.45, 7) is 0.880. The monoisotopic (exact) mass is 272 g/mol. The molecule has 1 saturated carbocycles. The van der Waals surface area contributed by atoms with Crippen molar-refractivity contribution in [2.45, 2.75) is 25.8 Å². The summed E-state index contributed by atoms with van der Waals surface area (Å²) >= 11 is 5.04. The van der Waals surface area contributed by atoms with Crippen LogP contribution in [0.25, 0.3) is 10.9 Å². The quantitative estimate of drug-likeness (QED) is 0.870. The highest BCUT2D eigenvalue weighted by Gasteiger charge is 2.43. The number of aromatic nitrogens is 1. The van der Waals surface area contributed by atoms with Crippen molar-refractivity contribution in [2.75, 3.05) is 0 Å². The van der Waals surface area contributed by atoms with Crippen LogP contribution >= 0.6 is 12.2 Å². The van der Waals surface area contributed by atoms with Crippen LogP contribution in [-0.4, -0.2) is 9.56 Å². The molecule has 3 nitrogen and oxygen atoms in total. The Kier molecular flexibility index (Phi) is 2.90. The lowest BCUT2D eigenvalue weighted by atomic mass is 10.0. The third-order valence-corrected chi connectivity index (χ3v) is 4.04. The fraction of sp³-hybridized carbons (Fsp3) is 0.333. The van der Waals surface area contributed by atoms with Gasteiger partial charge < -0.3 is 10.3 Å². The maximum atomic E-state index is 11.8. The summed E-state index contributed by atoms with van der Waals surface area (Å²) in [5.41, 5.74) is 6.96. The molecular formula is C15H16N2OS. The normalized spacial score (nSPS) is 16.4. The van der Waals surface area contributed by atoms with Gasteiger partial charge in [-0.3, -0.25) is 4.79 Å². The summed E-state index contributed by atoms with van der Waals surface area (Å²) in [6.07, 6.45) is 4.99. The second kappa shape index (κ2) is 4.46. The summed E-state index contributed by atoms with van der Waals surface area (Å²) in [6, 6.07) is 9.37. The molecule has 98 valence electrons. The maximum absolute atomic E-state index is 11.8. The van der Waals surface area contributed by atoms with Gasteiger partial charge >= 0.3 is 0 Å². The van der Waals surface area contributed by atoms with Crippen LogP contribution in [0.4, 0.5) is 0 Å². The predicted molar refractivity (Wildman–Crippen MR) is 81.3 cm³/mol. The van der Waals surface area contributed by atoms with Gasteiger partial charge in [0.2, 0.25) is 0 Å². The van der Waals surface area contributed by atoms with Crippen LogP contribution in [0.15, 0.2) is 41.3 Å². The van der Waals surface area contributed by atoms with Crippen LogP contribution < -0.4 is 11.2 Å².